The molecular weight excluding hydrogens is 506 g/mol. The molecule has 40 heavy (non-hydrogen) atoms. The molecule has 0 aromatic heterocycles. The predicted octanol–water partition coefficient (Wildman–Crippen LogP) is 2.61. The largest absolute Gasteiger partial charge is 0.480 e. The Hall–Kier alpha value is -4.50. The molecule has 9 nitrogen and oxygen atoms in total. The third kappa shape index (κ3) is 6.38. The van der Waals surface area contributed by atoms with Crippen molar-refractivity contribution in [1.29, 1.82) is 5.41 Å². The number of amidine groups is 1. The number of nitrogen functional groups attached to an aromatic ring is 1. The number of carbonyl (C=O) groups is 3. The van der Waals surface area contributed by atoms with E-state index >= 15 is 0 Å². The smallest absolute Gasteiger partial charge is 0.317 e. The van der Waals surface area contributed by atoms with E-state index in [9.17, 15) is 19.5 Å². The normalized spacial score (nSPS) is 14.3. The summed E-state index contributed by atoms with van der Waals surface area (Å²) in [5, 5.41) is 25.7. The van der Waals surface area contributed by atoms with E-state index in [0.717, 1.165) is 27.8 Å². The molecular formula is C31H35N5O4. The van der Waals surface area contributed by atoms with Gasteiger partial charge in [0.1, 0.15) is 11.4 Å². The van der Waals surface area contributed by atoms with Crippen LogP contribution in [0.5, 0.6) is 0 Å². The summed E-state index contributed by atoms with van der Waals surface area (Å²) in [5.41, 5.74) is 9.49. The predicted molar refractivity (Wildman–Crippen MR) is 154 cm³/mol. The Balaban J connectivity index is 1.71. The number of hydrogen-bond acceptors (Lipinski definition) is 5. The second kappa shape index (κ2) is 12.1. The van der Waals surface area contributed by atoms with E-state index in [1.165, 1.54) is 0 Å². The van der Waals surface area contributed by atoms with Gasteiger partial charge >= 0.3 is 5.97 Å². The number of nitrogens with one attached hydrogen (secondary N) is 4. The average molecular weight is 542 g/mol. The third-order valence-electron chi connectivity index (χ3n) is 7.25. The highest BCUT2D eigenvalue weighted by Gasteiger charge is 2.44. The molecule has 7 N–H and O–H groups in total. The summed E-state index contributed by atoms with van der Waals surface area (Å²) in [4.78, 5) is 39.1. The Kier molecular flexibility index (Phi) is 8.64. The standard InChI is InChI=1S/C31H35N5O4/c1-19(2)27(34-18-26(37)38)29(39)36-31(30(40)35-17-20-11-13-21(14-12-20)28(32)33)15-22-7-3-5-9-24(22)25-10-6-4-8-23(25)16-31/h3-14,19,27,34H,15-18H2,1-2H3,(H3,32,33)(H,35,40)(H,36,39)(H,37,38)/t27-/m1/s1. The van der Waals surface area contributed by atoms with Gasteiger partial charge in [-0.15, -0.1) is 0 Å². The first kappa shape index (κ1) is 28.5. The lowest BCUT2D eigenvalue weighted by atomic mass is 9.84. The minimum absolute atomic E-state index is 0.0377. The van der Waals surface area contributed by atoms with Gasteiger partial charge < -0.3 is 21.5 Å². The molecule has 0 aliphatic heterocycles. The fraction of sp³-hybridized carbons (Fsp3) is 0.290. The SMILES string of the molecule is CC(C)[C@@H](NCC(=O)O)C(=O)NC1(C(=O)NCc2ccc(C(=N)N)cc2)Cc2ccccc2-c2ccccc2C1. The summed E-state index contributed by atoms with van der Waals surface area (Å²) >= 11 is 0. The summed E-state index contributed by atoms with van der Waals surface area (Å²) in [5.74, 6) is -2.11. The van der Waals surface area contributed by atoms with Crippen LogP contribution in [0.15, 0.2) is 72.8 Å². The first-order valence-electron chi connectivity index (χ1n) is 13.2. The van der Waals surface area contributed by atoms with Gasteiger partial charge in [-0.25, -0.2) is 0 Å². The molecule has 1 aliphatic rings. The molecule has 0 saturated heterocycles. The van der Waals surface area contributed by atoms with Crippen molar-refractivity contribution in [3.63, 3.8) is 0 Å². The van der Waals surface area contributed by atoms with Gasteiger partial charge in [0, 0.05) is 24.9 Å². The van der Waals surface area contributed by atoms with Crippen molar-refractivity contribution in [3.05, 3.63) is 95.1 Å². The average Bonchev–Trinajstić information content (AvgIpc) is 3.06. The second-order valence-electron chi connectivity index (χ2n) is 10.5. The first-order valence-corrected chi connectivity index (χ1v) is 13.2. The van der Waals surface area contributed by atoms with E-state index in [1.54, 1.807) is 24.3 Å². The maximum absolute atomic E-state index is 14.1. The van der Waals surface area contributed by atoms with Crippen LogP contribution in [-0.4, -0.2) is 46.9 Å². The van der Waals surface area contributed by atoms with Crippen LogP contribution in [0.25, 0.3) is 11.1 Å². The number of rotatable bonds is 10. The number of carboxylic acid groups (broad SMARTS) is 1. The minimum atomic E-state index is -1.34. The fourth-order valence-corrected chi connectivity index (χ4v) is 5.19. The van der Waals surface area contributed by atoms with Crippen molar-refractivity contribution in [2.75, 3.05) is 6.54 Å². The van der Waals surface area contributed by atoms with E-state index in [1.807, 2.05) is 62.4 Å². The summed E-state index contributed by atoms with van der Waals surface area (Å²) in [6.45, 7) is 3.49. The van der Waals surface area contributed by atoms with Gasteiger partial charge in [0.25, 0.3) is 0 Å². The second-order valence-corrected chi connectivity index (χ2v) is 10.5. The zero-order chi connectivity index (χ0) is 28.9. The van der Waals surface area contributed by atoms with Crippen LogP contribution in [-0.2, 0) is 33.8 Å². The van der Waals surface area contributed by atoms with Gasteiger partial charge in [-0.3, -0.25) is 25.1 Å². The Morgan fingerprint density at radius 3 is 1.98 bits per heavy atom. The number of carbonyl (C=O) groups excluding carboxylic acids is 2. The van der Waals surface area contributed by atoms with Gasteiger partial charge in [-0.2, -0.15) is 0 Å². The molecule has 9 heteroatoms. The lowest BCUT2D eigenvalue weighted by molar-refractivity contribution is -0.137. The molecule has 208 valence electrons. The number of hydrogen-bond donors (Lipinski definition) is 6. The van der Waals surface area contributed by atoms with Crippen LogP contribution < -0.4 is 21.7 Å². The van der Waals surface area contributed by atoms with Gasteiger partial charge in [-0.05, 0) is 33.7 Å². The number of amides is 2. The number of aliphatic carboxylic acids is 1. The van der Waals surface area contributed by atoms with Crippen molar-refractivity contribution < 1.29 is 19.5 Å². The third-order valence-corrected chi connectivity index (χ3v) is 7.25. The van der Waals surface area contributed by atoms with Crippen LogP contribution in [0.1, 0.15) is 36.1 Å². The lowest BCUT2D eigenvalue weighted by Gasteiger charge is -2.35. The zero-order valence-electron chi connectivity index (χ0n) is 22.7. The molecule has 0 unspecified atom stereocenters. The molecule has 0 bridgehead atoms. The number of fused-ring (bicyclic) bond motifs is 3. The van der Waals surface area contributed by atoms with Crippen LogP contribution in [0.3, 0.4) is 0 Å². The number of carboxylic acids is 1. The quantitative estimate of drug-likeness (QED) is 0.171. The van der Waals surface area contributed by atoms with Crippen molar-refractivity contribution >= 4 is 23.6 Å². The molecule has 0 heterocycles. The van der Waals surface area contributed by atoms with E-state index in [2.05, 4.69) is 16.0 Å². The molecule has 2 amide bonds. The number of benzene rings is 3. The maximum Gasteiger partial charge on any atom is 0.317 e. The van der Waals surface area contributed by atoms with Crippen molar-refractivity contribution in [2.45, 2.75) is 44.8 Å². The Labute approximate surface area is 233 Å². The lowest BCUT2D eigenvalue weighted by Crippen LogP contribution is -2.64. The summed E-state index contributed by atoms with van der Waals surface area (Å²) in [6.07, 6.45) is 0.505. The number of nitrogens with two attached hydrogens (primary N) is 1. The van der Waals surface area contributed by atoms with E-state index in [4.69, 9.17) is 11.1 Å². The van der Waals surface area contributed by atoms with Crippen molar-refractivity contribution in [3.8, 4) is 11.1 Å². The Bertz CT molecular complexity index is 1370. The Morgan fingerprint density at radius 1 is 0.925 bits per heavy atom. The highest BCUT2D eigenvalue weighted by molar-refractivity contribution is 5.96. The van der Waals surface area contributed by atoms with Crippen LogP contribution in [0, 0.1) is 11.3 Å². The van der Waals surface area contributed by atoms with Gasteiger partial charge in [0.15, 0.2) is 0 Å². The zero-order valence-corrected chi connectivity index (χ0v) is 22.7. The highest BCUT2D eigenvalue weighted by atomic mass is 16.4. The summed E-state index contributed by atoms with van der Waals surface area (Å²) in [7, 11) is 0. The molecule has 3 aromatic carbocycles. The van der Waals surface area contributed by atoms with Gasteiger partial charge in [0.05, 0.1) is 12.6 Å². The Morgan fingerprint density at radius 2 is 1.48 bits per heavy atom. The maximum atomic E-state index is 14.1. The molecule has 4 rings (SSSR count). The molecule has 1 aliphatic carbocycles. The van der Waals surface area contributed by atoms with Crippen molar-refractivity contribution in [1.82, 2.24) is 16.0 Å². The first-order chi connectivity index (χ1) is 19.1. The van der Waals surface area contributed by atoms with Crippen LogP contribution >= 0.6 is 0 Å². The van der Waals surface area contributed by atoms with E-state index < -0.39 is 23.5 Å². The van der Waals surface area contributed by atoms with E-state index in [-0.39, 0.29) is 43.6 Å². The molecule has 3 aromatic rings. The summed E-state index contributed by atoms with van der Waals surface area (Å²) in [6, 6.07) is 21.9. The van der Waals surface area contributed by atoms with Gasteiger partial charge in [-0.1, -0.05) is 86.6 Å². The van der Waals surface area contributed by atoms with E-state index in [0.29, 0.717) is 5.56 Å². The van der Waals surface area contributed by atoms with Gasteiger partial charge in [0.2, 0.25) is 11.8 Å². The molecule has 0 saturated carbocycles. The van der Waals surface area contributed by atoms with Crippen LogP contribution in [0.4, 0.5) is 0 Å². The topological polar surface area (TPSA) is 157 Å². The molecule has 0 spiro atoms. The summed E-state index contributed by atoms with van der Waals surface area (Å²) < 4.78 is 0. The fourth-order valence-electron chi connectivity index (χ4n) is 5.19. The monoisotopic (exact) mass is 541 g/mol. The minimum Gasteiger partial charge on any atom is -0.480 e. The molecule has 1 atom stereocenters. The molecule has 0 radical (unpaired) electrons. The van der Waals surface area contributed by atoms with Crippen molar-refractivity contribution in [2.24, 2.45) is 11.7 Å². The highest BCUT2D eigenvalue weighted by Crippen LogP contribution is 2.36. The van der Waals surface area contributed by atoms with Crippen LogP contribution in [0.2, 0.25) is 0 Å². The molecule has 0 fully saturated rings.